The molecule has 0 aliphatic heterocycles. The smallest absolute Gasteiger partial charge is 0.387 e. The Morgan fingerprint density at radius 2 is 0.838 bits per heavy atom. The second-order valence-electron chi connectivity index (χ2n) is 21.0. The lowest BCUT2D eigenvalue weighted by molar-refractivity contribution is -0.870. The highest BCUT2D eigenvalue weighted by molar-refractivity contribution is 7.47. The molecular weight excluding hydrogens is 864 g/mol. The molecule has 0 aromatic heterocycles. The van der Waals surface area contributed by atoms with Crippen LogP contribution >= 0.6 is 7.82 Å². The van der Waals surface area contributed by atoms with Gasteiger partial charge < -0.3 is 19.8 Å². The van der Waals surface area contributed by atoms with Gasteiger partial charge in [0.1, 0.15) is 13.2 Å². The molecule has 8 nitrogen and oxygen atoms in total. The second-order valence-corrected chi connectivity index (χ2v) is 22.5. The zero-order valence-corrected chi connectivity index (χ0v) is 46.5. The minimum atomic E-state index is -4.33. The summed E-state index contributed by atoms with van der Waals surface area (Å²) >= 11 is 0. The number of rotatable bonds is 53. The first kappa shape index (κ1) is 66.5. The van der Waals surface area contributed by atoms with E-state index in [0.717, 1.165) is 51.4 Å². The van der Waals surface area contributed by atoms with Gasteiger partial charge in [0.05, 0.1) is 39.9 Å². The number of hydrogen-bond donors (Lipinski definition) is 3. The zero-order valence-electron chi connectivity index (χ0n) is 45.6. The molecule has 0 aromatic carbocycles. The van der Waals surface area contributed by atoms with Crippen LogP contribution in [0.3, 0.4) is 0 Å². The minimum Gasteiger partial charge on any atom is -0.387 e. The van der Waals surface area contributed by atoms with Gasteiger partial charge in [-0.25, -0.2) is 4.57 Å². The number of nitrogens with zero attached hydrogens (tertiary/aromatic N) is 1. The molecule has 0 aliphatic rings. The molecule has 0 saturated heterocycles. The Morgan fingerprint density at radius 1 is 0.500 bits per heavy atom. The molecule has 0 rings (SSSR count). The summed E-state index contributed by atoms with van der Waals surface area (Å²) in [5.74, 6) is -0.178. The van der Waals surface area contributed by atoms with Gasteiger partial charge in [-0.1, -0.05) is 255 Å². The Morgan fingerprint density at radius 3 is 1.22 bits per heavy atom. The summed E-state index contributed by atoms with van der Waals surface area (Å²) in [5.41, 5.74) is 0. The highest BCUT2D eigenvalue weighted by atomic mass is 31.2. The fourth-order valence-corrected chi connectivity index (χ4v) is 9.20. The van der Waals surface area contributed by atoms with Gasteiger partial charge in [-0.05, 0) is 57.8 Å². The maximum absolute atomic E-state index is 12.9. The Bertz CT molecular complexity index is 1250. The van der Waals surface area contributed by atoms with E-state index in [1.165, 1.54) is 199 Å². The highest BCUT2D eigenvalue weighted by Gasteiger charge is 2.27. The van der Waals surface area contributed by atoms with Crippen molar-refractivity contribution in [1.29, 1.82) is 0 Å². The second kappa shape index (κ2) is 50.4. The minimum absolute atomic E-state index is 0.0620. The Hall–Kier alpha value is -1.54. The Balaban J connectivity index is 3.75. The number of unbranched alkanes of at least 4 members (excludes halogenated alkanes) is 34. The summed E-state index contributed by atoms with van der Waals surface area (Å²) in [4.78, 5) is 23.1. The topological polar surface area (TPSA) is 105 Å². The third kappa shape index (κ3) is 52.3. The van der Waals surface area contributed by atoms with E-state index in [-0.39, 0.29) is 19.1 Å². The summed E-state index contributed by atoms with van der Waals surface area (Å²) in [7, 11) is 1.58. The van der Waals surface area contributed by atoms with E-state index in [9.17, 15) is 19.4 Å². The number of amides is 1. The summed E-state index contributed by atoms with van der Waals surface area (Å²) in [6, 6.07) is -0.842. The van der Waals surface area contributed by atoms with Crippen LogP contribution in [0.2, 0.25) is 0 Å². The van der Waals surface area contributed by atoms with Crippen LogP contribution in [-0.2, 0) is 18.4 Å². The van der Waals surface area contributed by atoms with Crippen molar-refractivity contribution < 1.29 is 32.9 Å². The van der Waals surface area contributed by atoms with Crippen molar-refractivity contribution in [3.63, 3.8) is 0 Å². The number of carbonyl (C=O) groups is 1. The number of phosphoric ester groups is 1. The Kier molecular flexibility index (Phi) is 49.3. The first-order chi connectivity index (χ1) is 33.0. The lowest BCUT2D eigenvalue weighted by Gasteiger charge is -2.25. The molecule has 0 heterocycles. The van der Waals surface area contributed by atoms with Crippen molar-refractivity contribution in [3.8, 4) is 0 Å². The lowest BCUT2D eigenvalue weighted by atomic mass is 10.0. The van der Waals surface area contributed by atoms with Crippen LogP contribution in [-0.4, -0.2) is 73.4 Å². The van der Waals surface area contributed by atoms with Crippen LogP contribution in [0.5, 0.6) is 0 Å². The van der Waals surface area contributed by atoms with Gasteiger partial charge in [0.25, 0.3) is 0 Å². The van der Waals surface area contributed by atoms with Crippen LogP contribution < -0.4 is 5.32 Å². The van der Waals surface area contributed by atoms with Gasteiger partial charge >= 0.3 is 7.82 Å². The zero-order chi connectivity index (χ0) is 49.9. The average molecular weight is 979 g/mol. The molecule has 0 spiro atoms. The number of aliphatic hydroxyl groups is 1. The van der Waals surface area contributed by atoms with Gasteiger partial charge in [0, 0.05) is 6.42 Å². The molecule has 3 N–H and O–H groups in total. The molecular formula is C59H114N2O6P+. The van der Waals surface area contributed by atoms with Crippen LogP contribution in [0.1, 0.15) is 271 Å². The predicted molar refractivity (Wildman–Crippen MR) is 295 cm³/mol. The fourth-order valence-electron chi connectivity index (χ4n) is 8.46. The molecule has 9 heteroatoms. The number of likely N-dealkylation sites (N-methyl/N-ethyl adjacent to an activating group) is 1. The van der Waals surface area contributed by atoms with Crippen LogP contribution in [0.25, 0.3) is 0 Å². The molecule has 0 aromatic rings. The fraction of sp³-hybridized carbons (Fsp3) is 0.847. The normalized spacial score (nSPS) is 14.3. The molecule has 1 amide bonds. The van der Waals surface area contributed by atoms with Gasteiger partial charge in [0.2, 0.25) is 5.91 Å². The third-order valence-electron chi connectivity index (χ3n) is 13.0. The number of aliphatic hydroxyl groups excluding tert-OH is 1. The van der Waals surface area contributed by atoms with E-state index in [1.807, 2.05) is 27.2 Å². The van der Waals surface area contributed by atoms with Crippen molar-refractivity contribution in [2.75, 3.05) is 40.9 Å². The maximum Gasteiger partial charge on any atom is 0.472 e. The van der Waals surface area contributed by atoms with Crippen LogP contribution in [0.4, 0.5) is 0 Å². The number of allylic oxidation sites excluding steroid dienone is 7. The quantitative estimate of drug-likeness (QED) is 0.0243. The van der Waals surface area contributed by atoms with Gasteiger partial charge in [-0.3, -0.25) is 13.8 Å². The SMILES string of the molecule is CCCCCCC/C=C\C/C=C\C/C=C\CCCCCCCCCCCCCCCCCCCCCCCCCCC(=O)NC(COP(=O)(O)OCC[N+](C)(C)C)C(O)/C=C/CCCCCCC. The van der Waals surface area contributed by atoms with Crippen molar-refractivity contribution in [2.24, 2.45) is 0 Å². The monoisotopic (exact) mass is 978 g/mol. The third-order valence-corrected chi connectivity index (χ3v) is 14.0. The molecule has 68 heavy (non-hydrogen) atoms. The number of phosphoric acid groups is 1. The average Bonchev–Trinajstić information content (AvgIpc) is 3.30. The van der Waals surface area contributed by atoms with E-state index < -0.39 is 20.0 Å². The predicted octanol–water partition coefficient (Wildman–Crippen LogP) is 17.5. The molecule has 0 saturated carbocycles. The summed E-state index contributed by atoms with van der Waals surface area (Å²) in [5, 5.41) is 13.7. The molecule has 3 unspecified atom stereocenters. The first-order valence-corrected chi connectivity index (χ1v) is 30.5. The molecule has 0 bridgehead atoms. The molecule has 0 aliphatic carbocycles. The van der Waals surface area contributed by atoms with Crippen LogP contribution in [0.15, 0.2) is 48.6 Å². The Labute approximate surface area is 422 Å². The molecule has 3 atom stereocenters. The van der Waals surface area contributed by atoms with E-state index >= 15 is 0 Å². The number of nitrogens with one attached hydrogen (secondary N) is 1. The largest absolute Gasteiger partial charge is 0.472 e. The summed E-state index contributed by atoms with van der Waals surface area (Å²) in [6.07, 6.45) is 67.0. The van der Waals surface area contributed by atoms with Crippen molar-refractivity contribution >= 4 is 13.7 Å². The highest BCUT2D eigenvalue weighted by Crippen LogP contribution is 2.43. The van der Waals surface area contributed by atoms with Gasteiger partial charge in [0.15, 0.2) is 0 Å². The van der Waals surface area contributed by atoms with Crippen molar-refractivity contribution in [2.45, 2.75) is 283 Å². The molecule has 0 radical (unpaired) electrons. The van der Waals surface area contributed by atoms with Gasteiger partial charge in [-0.2, -0.15) is 0 Å². The standard InChI is InChI=1S/C59H113N2O6P/c1-6-8-10-12-14-15-16-17-18-19-20-21-22-23-24-25-26-27-28-29-30-31-32-33-34-35-36-37-38-39-40-41-42-43-44-45-47-49-51-53-59(63)60-57(58(62)52-50-48-46-13-11-9-7-2)56-67-68(64,65)66-55-54-61(3,4)5/h16-17,19-20,22-23,50,52,57-58,62H,6-15,18,21,24-49,51,53-56H2,1-5H3,(H-,60,63,64,65)/p+1/b17-16-,20-19-,23-22-,52-50+. The summed E-state index contributed by atoms with van der Waals surface area (Å²) < 4.78 is 23.5. The number of hydrogen-bond acceptors (Lipinski definition) is 5. The lowest BCUT2D eigenvalue weighted by Crippen LogP contribution is -2.45. The van der Waals surface area contributed by atoms with E-state index in [0.29, 0.717) is 17.4 Å². The number of carbonyl (C=O) groups excluding carboxylic acids is 1. The first-order valence-electron chi connectivity index (χ1n) is 29.0. The van der Waals surface area contributed by atoms with Crippen molar-refractivity contribution in [3.05, 3.63) is 48.6 Å². The number of quaternary nitrogens is 1. The maximum atomic E-state index is 12.9. The molecule has 0 fully saturated rings. The van der Waals surface area contributed by atoms with E-state index in [1.54, 1.807) is 6.08 Å². The molecule has 400 valence electrons. The van der Waals surface area contributed by atoms with Crippen LogP contribution in [0, 0.1) is 0 Å². The summed E-state index contributed by atoms with van der Waals surface area (Å²) in [6.45, 7) is 4.75. The van der Waals surface area contributed by atoms with E-state index in [4.69, 9.17) is 9.05 Å². The van der Waals surface area contributed by atoms with Crippen molar-refractivity contribution in [1.82, 2.24) is 5.32 Å². The van der Waals surface area contributed by atoms with Gasteiger partial charge in [-0.15, -0.1) is 0 Å². The van der Waals surface area contributed by atoms with E-state index in [2.05, 4.69) is 55.6 Å².